The quantitative estimate of drug-likeness (QED) is 0.669. The fourth-order valence-corrected chi connectivity index (χ4v) is 2.86. The molecule has 6 heteroatoms. The van der Waals surface area contributed by atoms with Crippen molar-refractivity contribution >= 4 is 27.3 Å². The average molecular weight is 327 g/mol. The lowest BCUT2D eigenvalue weighted by Crippen LogP contribution is -2.30. The van der Waals surface area contributed by atoms with Crippen LogP contribution < -0.4 is 11.3 Å². The molecule has 0 aliphatic rings. The van der Waals surface area contributed by atoms with Crippen LogP contribution >= 0.6 is 27.3 Å². The highest BCUT2D eigenvalue weighted by molar-refractivity contribution is 9.10. The Balaban J connectivity index is 2.16. The molecule has 0 aromatic carbocycles. The van der Waals surface area contributed by atoms with Crippen molar-refractivity contribution in [1.29, 1.82) is 0 Å². The Hall–Kier alpha value is -0.820. The lowest BCUT2D eigenvalue weighted by Gasteiger charge is -2.13. The van der Waals surface area contributed by atoms with Crippen molar-refractivity contribution in [3.63, 3.8) is 0 Å². The van der Waals surface area contributed by atoms with E-state index in [0.717, 1.165) is 27.3 Å². The highest BCUT2D eigenvalue weighted by Crippen LogP contribution is 2.22. The van der Waals surface area contributed by atoms with E-state index in [9.17, 15) is 0 Å². The van der Waals surface area contributed by atoms with Gasteiger partial charge in [0.2, 0.25) is 0 Å². The van der Waals surface area contributed by atoms with Gasteiger partial charge in [-0.2, -0.15) is 0 Å². The van der Waals surface area contributed by atoms with Crippen molar-refractivity contribution in [2.45, 2.75) is 26.3 Å². The summed E-state index contributed by atoms with van der Waals surface area (Å²) in [7, 11) is 0. The van der Waals surface area contributed by atoms with Gasteiger partial charge in [-0.1, -0.05) is 0 Å². The van der Waals surface area contributed by atoms with Gasteiger partial charge in [-0.3, -0.25) is 16.3 Å². The summed E-state index contributed by atoms with van der Waals surface area (Å²) in [4.78, 5) is 10.1. The third-order valence-corrected chi connectivity index (χ3v) is 4.32. The Morgan fingerprint density at radius 3 is 2.72 bits per heavy atom. The van der Waals surface area contributed by atoms with Crippen molar-refractivity contribution in [3.05, 3.63) is 44.1 Å². The molecule has 1 atom stereocenters. The molecular formula is C12H15BrN4S. The van der Waals surface area contributed by atoms with Crippen LogP contribution in [0.25, 0.3) is 0 Å². The molecule has 0 aliphatic heterocycles. The molecule has 2 rings (SSSR count). The minimum atomic E-state index is -0.0111. The monoisotopic (exact) mass is 326 g/mol. The maximum Gasteiger partial charge on any atom is 0.0950 e. The zero-order valence-electron chi connectivity index (χ0n) is 10.3. The lowest BCUT2D eigenvalue weighted by molar-refractivity contribution is 0.537. The SMILES string of the molecule is Cc1nc(CC(NN)c2ccc(Br)cn2)sc1C. The van der Waals surface area contributed by atoms with E-state index < -0.39 is 0 Å². The van der Waals surface area contributed by atoms with E-state index in [2.05, 4.69) is 38.2 Å². The molecular weight excluding hydrogens is 312 g/mol. The van der Waals surface area contributed by atoms with Gasteiger partial charge in [-0.05, 0) is 41.9 Å². The number of pyridine rings is 1. The predicted octanol–water partition coefficient (Wildman–Crippen LogP) is 2.66. The zero-order chi connectivity index (χ0) is 13.1. The van der Waals surface area contributed by atoms with Crippen molar-refractivity contribution in [3.8, 4) is 0 Å². The Morgan fingerprint density at radius 1 is 1.44 bits per heavy atom. The maximum absolute atomic E-state index is 5.61. The van der Waals surface area contributed by atoms with Crippen LogP contribution in [0.4, 0.5) is 0 Å². The summed E-state index contributed by atoms with van der Waals surface area (Å²) < 4.78 is 0.961. The van der Waals surface area contributed by atoms with Crippen LogP contribution in [0.5, 0.6) is 0 Å². The first kappa shape index (κ1) is 13.6. The minimum absolute atomic E-state index is 0.0111. The first-order valence-electron chi connectivity index (χ1n) is 5.60. The summed E-state index contributed by atoms with van der Waals surface area (Å²) in [6.45, 7) is 4.11. The van der Waals surface area contributed by atoms with Gasteiger partial charge in [-0.15, -0.1) is 11.3 Å². The molecule has 3 N–H and O–H groups in total. The summed E-state index contributed by atoms with van der Waals surface area (Å²) in [5.74, 6) is 5.61. The lowest BCUT2D eigenvalue weighted by atomic mass is 10.1. The second kappa shape index (κ2) is 5.88. The number of nitrogens with two attached hydrogens (primary N) is 1. The second-order valence-corrected chi connectivity index (χ2v) is 6.28. The van der Waals surface area contributed by atoms with Crippen molar-refractivity contribution in [2.24, 2.45) is 5.84 Å². The molecule has 2 aromatic heterocycles. The van der Waals surface area contributed by atoms with Crippen molar-refractivity contribution in [1.82, 2.24) is 15.4 Å². The van der Waals surface area contributed by atoms with Crippen LogP contribution in [0.2, 0.25) is 0 Å². The maximum atomic E-state index is 5.61. The molecule has 18 heavy (non-hydrogen) atoms. The fraction of sp³-hybridized carbons (Fsp3) is 0.333. The molecule has 0 fully saturated rings. The standard InChI is InChI=1S/C12H15BrN4S/c1-7-8(2)18-12(16-7)5-11(17-14)10-4-3-9(13)6-15-10/h3-4,6,11,17H,5,14H2,1-2H3. The molecule has 0 radical (unpaired) electrons. The Morgan fingerprint density at radius 2 is 2.22 bits per heavy atom. The third-order valence-electron chi connectivity index (χ3n) is 2.76. The van der Waals surface area contributed by atoms with Crippen LogP contribution in [0.1, 0.15) is 27.3 Å². The molecule has 0 saturated heterocycles. The fourth-order valence-electron chi connectivity index (χ4n) is 1.64. The topological polar surface area (TPSA) is 63.8 Å². The third kappa shape index (κ3) is 3.14. The van der Waals surface area contributed by atoms with E-state index in [4.69, 9.17) is 5.84 Å². The second-order valence-electron chi connectivity index (χ2n) is 4.07. The van der Waals surface area contributed by atoms with Gasteiger partial charge in [0, 0.05) is 22.0 Å². The molecule has 4 nitrogen and oxygen atoms in total. The summed E-state index contributed by atoms with van der Waals surface area (Å²) >= 11 is 5.08. The van der Waals surface area contributed by atoms with E-state index in [0.29, 0.717) is 0 Å². The van der Waals surface area contributed by atoms with Crippen molar-refractivity contribution < 1.29 is 0 Å². The molecule has 0 bridgehead atoms. The first-order valence-corrected chi connectivity index (χ1v) is 7.21. The van der Waals surface area contributed by atoms with Crippen LogP contribution in [-0.4, -0.2) is 9.97 Å². The number of hydrogen-bond acceptors (Lipinski definition) is 5. The van der Waals surface area contributed by atoms with Gasteiger partial charge >= 0.3 is 0 Å². The molecule has 96 valence electrons. The molecule has 0 spiro atoms. The van der Waals surface area contributed by atoms with Crippen LogP contribution in [-0.2, 0) is 6.42 Å². The largest absolute Gasteiger partial charge is 0.271 e. The summed E-state index contributed by atoms with van der Waals surface area (Å²) in [6.07, 6.45) is 2.53. The van der Waals surface area contributed by atoms with Crippen LogP contribution in [0.3, 0.4) is 0 Å². The molecule has 2 aromatic rings. The van der Waals surface area contributed by atoms with E-state index >= 15 is 0 Å². The highest BCUT2D eigenvalue weighted by atomic mass is 79.9. The number of nitrogens with zero attached hydrogens (tertiary/aromatic N) is 2. The number of hydrazine groups is 1. The smallest absolute Gasteiger partial charge is 0.0950 e. The summed E-state index contributed by atoms with van der Waals surface area (Å²) in [6, 6.07) is 3.91. The van der Waals surface area contributed by atoms with Crippen LogP contribution in [0.15, 0.2) is 22.8 Å². The number of hydrogen-bond donors (Lipinski definition) is 2. The number of halogens is 1. The van der Waals surface area contributed by atoms with Gasteiger partial charge in [0.25, 0.3) is 0 Å². The molecule has 0 amide bonds. The average Bonchev–Trinajstić information content (AvgIpc) is 2.67. The number of rotatable bonds is 4. The Labute approximate surface area is 119 Å². The highest BCUT2D eigenvalue weighted by Gasteiger charge is 2.14. The van der Waals surface area contributed by atoms with E-state index in [1.54, 1.807) is 17.5 Å². The Kier molecular flexibility index (Phi) is 4.45. The van der Waals surface area contributed by atoms with Gasteiger partial charge < -0.3 is 0 Å². The normalized spacial score (nSPS) is 12.7. The molecule has 0 aliphatic carbocycles. The predicted molar refractivity (Wildman–Crippen MR) is 77.3 cm³/mol. The van der Waals surface area contributed by atoms with Crippen molar-refractivity contribution in [2.75, 3.05) is 0 Å². The van der Waals surface area contributed by atoms with Gasteiger partial charge in [0.1, 0.15) is 0 Å². The number of aryl methyl sites for hydroxylation is 2. The summed E-state index contributed by atoms with van der Waals surface area (Å²) in [5.41, 5.74) is 4.82. The van der Waals surface area contributed by atoms with Crippen LogP contribution in [0, 0.1) is 13.8 Å². The molecule has 1 unspecified atom stereocenters. The number of aromatic nitrogens is 2. The molecule has 2 heterocycles. The minimum Gasteiger partial charge on any atom is -0.271 e. The molecule has 0 saturated carbocycles. The van der Waals surface area contributed by atoms with Gasteiger partial charge in [-0.25, -0.2) is 4.98 Å². The zero-order valence-corrected chi connectivity index (χ0v) is 12.7. The number of thiazole rings is 1. The first-order chi connectivity index (χ1) is 8.60. The summed E-state index contributed by atoms with van der Waals surface area (Å²) in [5, 5.41) is 1.08. The van der Waals surface area contributed by atoms with E-state index in [1.807, 2.05) is 19.1 Å². The van der Waals surface area contributed by atoms with E-state index in [1.165, 1.54) is 4.88 Å². The van der Waals surface area contributed by atoms with E-state index in [-0.39, 0.29) is 6.04 Å². The Bertz CT molecular complexity index is 504. The van der Waals surface area contributed by atoms with Gasteiger partial charge in [0.15, 0.2) is 0 Å². The number of nitrogens with one attached hydrogen (secondary N) is 1. The van der Waals surface area contributed by atoms with Gasteiger partial charge in [0.05, 0.1) is 22.4 Å².